The van der Waals surface area contributed by atoms with Crippen LogP contribution in [0.25, 0.3) is 5.76 Å². The summed E-state index contributed by atoms with van der Waals surface area (Å²) in [4.78, 5) is 0. The maximum atomic E-state index is 9.74. The van der Waals surface area contributed by atoms with Gasteiger partial charge in [-0.1, -0.05) is 19.2 Å². The van der Waals surface area contributed by atoms with E-state index in [0.717, 1.165) is 0 Å². The van der Waals surface area contributed by atoms with Crippen molar-refractivity contribution < 1.29 is 9.84 Å². The maximum Gasteiger partial charge on any atom is 0.171 e. The lowest BCUT2D eigenvalue weighted by Gasteiger charge is -2.07. The van der Waals surface area contributed by atoms with Crippen LogP contribution in [0.1, 0.15) is 5.56 Å². The van der Waals surface area contributed by atoms with E-state index in [1.807, 2.05) is 0 Å². The predicted octanol–water partition coefficient (Wildman–Crippen LogP) is 3.64. The van der Waals surface area contributed by atoms with Crippen molar-refractivity contribution in [1.29, 1.82) is 10.5 Å². The number of nitrogens with zero attached hydrogens (tertiary/aromatic N) is 2. The summed E-state index contributed by atoms with van der Waals surface area (Å²) < 4.78 is 5.50. The van der Waals surface area contributed by atoms with Gasteiger partial charge in [-0.25, -0.2) is 0 Å². The lowest BCUT2D eigenvalue weighted by atomic mass is 10.1. The molecule has 4 nitrogen and oxygen atoms in total. The standard InChI is InChI=1S/C16H12N2O2/c1-3-5-14(4-2)20-15-8-6-12(7-9-15)16(19)13(10-17)11-18/h3-9,19H,1-2H2/b14-5+. The monoisotopic (exact) mass is 264 g/mol. The molecular formula is C16H12N2O2. The van der Waals surface area contributed by atoms with E-state index in [9.17, 15) is 5.11 Å². The Kier molecular flexibility index (Phi) is 5.37. The minimum Gasteiger partial charge on any atom is -0.505 e. The Labute approximate surface area is 117 Å². The Balaban J connectivity index is 3.02. The summed E-state index contributed by atoms with van der Waals surface area (Å²) in [7, 11) is 0. The quantitative estimate of drug-likeness (QED) is 0.500. The lowest BCUT2D eigenvalue weighted by molar-refractivity contribution is 0.444. The Morgan fingerprint density at radius 1 is 1.15 bits per heavy atom. The lowest BCUT2D eigenvalue weighted by Crippen LogP contribution is -1.92. The fourth-order valence-electron chi connectivity index (χ4n) is 1.35. The highest BCUT2D eigenvalue weighted by atomic mass is 16.5. The van der Waals surface area contributed by atoms with E-state index in [1.54, 1.807) is 48.6 Å². The molecule has 0 amide bonds. The molecule has 0 saturated heterocycles. The zero-order valence-electron chi connectivity index (χ0n) is 10.7. The highest BCUT2D eigenvalue weighted by Gasteiger charge is 2.07. The van der Waals surface area contributed by atoms with Gasteiger partial charge in [-0.15, -0.1) is 0 Å². The van der Waals surface area contributed by atoms with E-state index in [2.05, 4.69) is 13.2 Å². The van der Waals surface area contributed by atoms with Crippen molar-refractivity contribution in [3.05, 3.63) is 72.5 Å². The van der Waals surface area contributed by atoms with E-state index in [-0.39, 0.29) is 11.3 Å². The van der Waals surface area contributed by atoms with Gasteiger partial charge in [0.1, 0.15) is 23.6 Å². The minimum absolute atomic E-state index is 0.336. The van der Waals surface area contributed by atoms with Crippen molar-refractivity contribution >= 4 is 5.76 Å². The molecule has 1 N–H and O–H groups in total. The van der Waals surface area contributed by atoms with Gasteiger partial charge >= 0.3 is 0 Å². The van der Waals surface area contributed by atoms with Gasteiger partial charge in [0.25, 0.3) is 0 Å². The molecule has 1 rings (SSSR count). The number of rotatable bonds is 5. The number of hydrogen-bond acceptors (Lipinski definition) is 4. The number of ether oxygens (including phenoxy) is 1. The second kappa shape index (κ2) is 7.25. The number of allylic oxidation sites excluding steroid dienone is 4. The van der Waals surface area contributed by atoms with E-state index in [0.29, 0.717) is 17.1 Å². The van der Waals surface area contributed by atoms with Gasteiger partial charge in [-0.2, -0.15) is 10.5 Å². The van der Waals surface area contributed by atoms with E-state index in [4.69, 9.17) is 15.3 Å². The number of nitriles is 2. The van der Waals surface area contributed by atoms with Gasteiger partial charge in [0.15, 0.2) is 11.3 Å². The van der Waals surface area contributed by atoms with Crippen LogP contribution in [0.3, 0.4) is 0 Å². The first kappa shape index (κ1) is 14.8. The van der Waals surface area contributed by atoms with E-state index in [1.165, 1.54) is 6.08 Å². The topological polar surface area (TPSA) is 77.0 Å². The Hall–Kier alpha value is -3.24. The normalized spacial score (nSPS) is 9.80. The first-order valence-electron chi connectivity index (χ1n) is 5.63. The van der Waals surface area contributed by atoms with Crippen molar-refractivity contribution in [2.75, 3.05) is 0 Å². The molecule has 0 saturated carbocycles. The largest absolute Gasteiger partial charge is 0.505 e. The summed E-state index contributed by atoms with van der Waals surface area (Å²) in [5, 5.41) is 27.1. The smallest absolute Gasteiger partial charge is 0.171 e. The average Bonchev–Trinajstić information content (AvgIpc) is 2.48. The molecule has 1 aromatic rings. The van der Waals surface area contributed by atoms with Crippen molar-refractivity contribution in [2.24, 2.45) is 0 Å². The molecule has 4 heteroatoms. The van der Waals surface area contributed by atoms with Crippen LogP contribution in [0.5, 0.6) is 5.75 Å². The van der Waals surface area contributed by atoms with Crippen molar-refractivity contribution in [2.45, 2.75) is 0 Å². The van der Waals surface area contributed by atoms with Crippen molar-refractivity contribution in [3.8, 4) is 17.9 Å². The number of hydrogen-bond donors (Lipinski definition) is 1. The van der Waals surface area contributed by atoms with Crippen LogP contribution in [0, 0.1) is 22.7 Å². The molecule has 1 aromatic carbocycles. The zero-order valence-corrected chi connectivity index (χ0v) is 10.7. The third-order valence-corrected chi connectivity index (χ3v) is 2.31. The molecule has 0 fully saturated rings. The second-order valence-electron chi connectivity index (χ2n) is 3.58. The van der Waals surface area contributed by atoms with Crippen LogP contribution >= 0.6 is 0 Å². The number of aliphatic hydroxyl groups is 1. The number of aliphatic hydroxyl groups excluding tert-OH is 1. The maximum absolute atomic E-state index is 9.74. The Morgan fingerprint density at radius 3 is 2.20 bits per heavy atom. The van der Waals surface area contributed by atoms with Crippen molar-refractivity contribution in [1.82, 2.24) is 0 Å². The summed E-state index contributed by atoms with van der Waals surface area (Å²) in [6.45, 7) is 7.17. The van der Waals surface area contributed by atoms with Crippen LogP contribution in [-0.2, 0) is 0 Å². The SMILES string of the molecule is C=C/C=C(\C=C)Oc1ccc(C(O)=C(C#N)C#N)cc1. The van der Waals surface area contributed by atoms with Crippen LogP contribution in [0.2, 0.25) is 0 Å². The first-order chi connectivity index (χ1) is 9.65. The second-order valence-corrected chi connectivity index (χ2v) is 3.58. The molecule has 0 radical (unpaired) electrons. The van der Waals surface area contributed by atoms with E-state index < -0.39 is 0 Å². The highest BCUT2D eigenvalue weighted by Crippen LogP contribution is 2.21. The Morgan fingerprint density at radius 2 is 1.75 bits per heavy atom. The van der Waals surface area contributed by atoms with Gasteiger partial charge in [-0.3, -0.25) is 0 Å². The molecule has 98 valence electrons. The molecular weight excluding hydrogens is 252 g/mol. The third-order valence-electron chi connectivity index (χ3n) is 2.31. The summed E-state index contributed by atoms with van der Waals surface area (Å²) in [5.74, 6) is 0.708. The molecule has 0 spiro atoms. The van der Waals surface area contributed by atoms with Gasteiger partial charge in [0.05, 0.1) is 0 Å². The van der Waals surface area contributed by atoms with Crippen LogP contribution in [-0.4, -0.2) is 5.11 Å². The highest BCUT2D eigenvalue weighted by molar-refractivity contribution is 5.69. The predicted molar refractivity (Wildman–Crippen MR) is 76.3 cm³/mol. The molecule has 0 aliphatic rings. The molecule has 0 atom stereocenters. The van der Waals surface area contributed by atoms with E-state index >= 15 is 0 Å². The fourth-order valence-corrected chi connectivity index (χ4v) is 1.35. The molecule has 20 heavy (non-hydrogen) atoms. The van der Waals surface area contributed by atoms with Crippen LogP contribution in [0.4, 0.5) is 0 Å². The fraction of sp³-hybridized carbons (Fsp3) is 0. The average molecular weight is 264 g/mol. The third kappa shape index (κ3) is 3.63. The van der Waals surface area contributed by atoms with Crippen LogP contribution in [0.15, 0.2) is 67.0 Å². The van der Waals surface area contributed by atoms with Gasteiger partial charge in [0, 0.05) is 5.56 Å². The van der Waals surface area contributed by atoms with Gasteiger partial charge < -0.3 is 9.84 Å². The van der Waals surface area contributed by atoms with Crippen molar-refractivity contribution in [3.63, 3.8) is 0 Å². The molecule has 0 bridgehead atoms. The molecule has 0 unspecified atom stereocenters. The summed E-state index contributed by atoms with van der Waals surface area (Å²) in [6, 6.07) is 9.57. The Bertz CT molecular complexity index is 637. The summed E-state index contributed by atoms with van der Waals surface area (Å²) in [5.41, 5.74) is 0.0281. The van der Waals surface area contributed by atoms with Gasteiger partial charge in [0.2, 0.25) is 0 Å². The summed E-state index contributed by atoms with van der Waals surface area (Å²) >= 11 is 0. The number of benzene rings is 1. The van der Waals surface area contributed by atoms with Gasteiger partial charge in [-0.05, 0) is 36.4 Å². The summed E-state index contributed by atoms with van der Waals surface area (Å²) in [6.07, 6.45) is 4.77. The zero-order chi connectivity index (χ0) is 15.0. The first-order valence-corrected chi connectivity index (χ1v) is 5.63. The van der Waals surface area contributed by atoms with Crippen LogP contribution < -0.4 is 4.74 Å². The minimum atomic E-state index is -0.355. The molecule has 0 aromatic heterocycles. The molecule has 0 aliphatic carbocycles. The molecule has 0 aliphatic heterocycles. The molecule has 0 heterocycles.